The number of aliphatic carboxylic acids is 1. The normalized spacial score (nSPS) is 10.9. The molecule has 0 bridgehead atoms. The van der Waals surface area contributed by atoms with Crippen LogP contribution in [0.25, 0.3) is 22.5 Å². The fourth-order valence-electron chi connectivity index (χ4n) is 2.45. The van der Waals surface area contributed by atoms with E-state index < -0.39 is 5.97 Å². The molecule has 10 heteroatoms. The molecular weight excluding hydrogens is 356 g/mol. The quantitative estimate of drug-likeness (QED) is 0.426. The molecule has 2 heterocycles. The van der Waals surface area contributed by atoms with Crippen molar-refractivity contribution in [3.05, 3.63) is 30.1 Å². The Morgan fingerprint density at radius 3 is 2.81 bits per heavy atom. The van der Waals surface area contributed by atoms with Crippen LogP contribution >= 0.6 is 11.8 Å². The Morgan fingerprint density at radius 2 is 2.15 bits per heavy atom. The molecule has 9 nitrogen and oxygen atoms in total. The number of nitrogens with zero attached hydrogens (tertiary/aromatic N) is 4. The Morgan fingerprint density at radius 1 is 1.38 bits per heavy atom. The molecular formula is C16H18N6O3S. The molecule has 0 aliphatic carbocycles. The molecule has 3 aromatic rings. The number of H-pyrrole nitrogens is 1. The molecule has 0 aliphatic heterocycles. The minimum Gasteiger partial charge on any atom is -0.481 e. The van der Waals surface area contributed by atoms with Crippen LogP contribution in [0.4, 0.5) is 5.69 Å². The molecule has 136 valence electrons. The highest BCUT2D eigenvalue weighted by Gasteiger charge is 2.13. The highest BCUT2D eigenvalue weighted by atomic mass is 32.2. The zero-order valence-electron chi connectivity index (χ0n) is 14.5. The molecule has 0 atom stereocenters. The van der Waals surface area contributed by atoms with Gasteiger partial charge in [0.25, 0.3) is 0 Å². The van der Waals surface area contributed by atoms with E-state index in [1.165, 1.54) is 7.11 Å². The second-order valence-electron chi connectivity index (χ2n) is 5.52. The summed E-state index contributed by atoms with van der Waals surface area (Å²) in [5.74, 6) is -0.467. The van der Waals surface area contributed by atoms with E-state index in [-0.39, 0.29) is 5.75 Å². The van der Waals surface area contributed by atoms with E-state index in [9.17, 15) is 4.79 Å². The third-order valence-corrected chi connectivity index (χ3v) is 4.59. The molecule has 3 rings (SSSR count). The summed E-state index contributed by atoms with van der Waals surface area (Å²) in [5.41, 5.74) is 7.34. The summed E-state index contributed by atoms with van der Waals surface area (Å²) in [6, 6.07) is 5.79. The maximum atomic E-state index is 10.7. The maximum Gasteiger partial charge on any atom is 0.313 e. The lowest BCUT2D eigenvalue weighted by Crippen LogP contribution is -1.98. The van der Waals surface area contributed by atoms with Crippen molar-refractivity contribution in [3.8, 4) is 22.5 Å². The summed E-state index contributed by atoms with van der Waals surface area (Å²) in [6.07, 6.45) is 1.81. The standard InChI is InChI=1S/C16H18N6O3S/c1-9-13(7-17-22(9)2)10-4-11(6-12(5-10)21-25-3)15-18-16(20-19-15)26-8-14(23)24/h4-7,21H,8H2,1-3H3,(H,23,24)(H,18,19,20). The Hall–Kier alpha value is -2.85. The highest BCUT2D eigenvalue weighted by molar-refractivity contribution is 7.99. The van der Waals surface area contributed by atoms with Crippen molar-refractivity contribution in [2.75, 3.05) is 18.3 Å². The number of carboxylic acid groups (broad SMARTS) is 1. The SMILES string of the molecule is CONc1cc(-c2nc(SCC(=O)O)n[nH]2)cc(-c2cnn(C)c2C)c1. The van der Waals surface area contributed by atoms with Gasteiger partial charge in [-0.3, -0.25) is 24.9 Å². The molecule has 0 amide bonds. The highest BCUT2D eigenvalue weighted by Crippen LogP contribution is 2.31. The summed E-state index contributed by atoms with van der Waals surface area (Å²) >= 11 is 1.06. The van der Waals surface area contributed by atoms with Gasteiger partial charge in [0.2, 0.25) is 5.16 Å². The summed E-state index contributed by atoms with van der Waals surface area (Å²) < 4.78 is 1.81. The number of anilines is 1. The zero-order valence-corrected chi connectivity index (χ0v) is 15.3. The molecule has 1 aromatic carbocycles. The van der Waals surface area contributed by atoms with Gasteiger partial charge in [-0.15, -0.1) is 5.10 Å². The van der Waals surface area contributed by atoms with Crippen molar-refractivity contribution in [2.24, 2.45) is 7.05 Å². The first-order valence-corrected chi connectivity index (χ1v) is 8.67. The van der Waals surface area contributed by atoms with Crippen molar-refractivity contribution in [1.82, 2.24) is 25.0 Å². The van der Waals surface area contributed by atoms with E-state index in [1.54, 1.807) is 10.9 Å². The lowest BCUT2D eigenvalue weighted by molar-refractivity contribution is -0.133. The number of aryl methyl sites for hydroxylation is 1. The number of hydrogen-bond acceptors (Lipinski definition) is 7. The first kappa shape index (κ1) is 18.0. The molecule has 0 saturated heterocycles. The smallest absolute Gasteiger partial charge is 0.313 e. The summed E-state index contributed by atoms with van der Waals surface area (Å²) in [5, 5.41) is 20.3. The largest absolute Gasteiger partial charge is 0.481 e. The lowest BCUT2D eigenvalue weighted by atomic mass is 10.0. The van der Waals surface area contributed by atoms with Crippen LogP contribution in [0.2, 0.25) is 0 Å². The Labute approximate surface area is 153 Å². The Balaban J connectivity index is 1.98. The van der Waals surface area contributed by atoms with Gasteiger partial charge in [0.15, 0.2) is 5.82 Å². The van der Waals surface area contributed by atoms with Crippen LogP contribution in [-0.2, 0) is 16.7 Å². The molecule has 0 radical (unpaired) electrons. The van der Waals surface area contributed by atoms with E-state index >= 15 is 0 Å². The number of aromatic nitrogens is 5. The minimum absolute atomic E-state index is 0.0946. The van der Waals surface area contributed by atoms with Crippen LogP contribution in [0.5, 0.6) is 0 Å². The summed E-state index contributed by atoms with van der Waals surface area (Å²) in [4.78, 5) is 20.1. The van der Waals surface area contributed by atoms with Crippen LogP contribution in [0.3, 0.4) is 0 Å². The third-order valence-electron chi connectivity index (χ3n) is 3.76. The molecule has 0 saturated carbocycles. The third kappa shape index (κ3) is 3.86. The van der Waals surface area contributed by atoms with Crippen molar-refractivity contribution < 1.29 is 14.7 Å². The molecule has 2 aromatic heterocycles. The predicted octanol–water partition coefficient (Wildman–Crippen LogP) is 2.33. The van der Waals surface area contributed by atoms with E-state index in [1.807, 2.05) is 32.2 Å². The van der Waals surface area contributed by atoms with E-state index in [4.69, 9.17) is 9.94 Å². The molecule has 0 unspecified atom stereocenters. The van der Waals surface area contributed by atoms with Gasteiger partial charge in [-0.2, -0.15) is 5.10 Å². The average Bonchev–Trinajstić information content (AvgIpc) is 3.21. The predicted molar refractivity (Wildman–Crippen MR) is 97.7 cm³/mol. The first-order chi connectivity index (χ1) is 12.5. The second-order valence-corrected chi connectivity index (χ2v) is 6.46. The van der Waals surface area contributed by atoms with Gasteiger partial charge in [-0.1, -0.05) is 11.8 Å². The van der Waals surface area contributed by atoms with E-state index in [0.717, 1.165) is 39.8 Å². The van der Waals surface area contributed by atoms with Gasteiger partial charge in [0.05, 0.1) is 24.7 Å². The van der Waals surface area contributed by atoms with Crippen LogP contribution in [-0.4, -0.2) is 48.9 Å². The van der Waals surface area contributed by atoms with Crippen molar-refractivity contribution in [1.29, 1.82) is 0 Å². The van der Waals surface area contributed by atoms with Gasteiger partial charge in [0.1, 0.15) is 0 Å². The topological polar surface area (TPSA) is 118 Å². The molecule has 0 spiro atoms. The molecule has 3 N–H and O–H groups in total. The fourth-order valence-corrected chi connectivity index (χ4v) is 2.96. The second kappa shape index (κ2) is 7.58. The van der Waals surface area contributed by atoms with Gasteiger partial charge in [0, 0.05) is 23.9 Å². The Kier molecular flexibility index (Phi) is 5.24. The van der Waals surface area contributed by atoms with Crippen LogP contribution in [0.15, 0.2) is 29.6 Å². The number of rotatable bonds is 7. The van der Waals surface area contributed by atoms with Crippen LogP contribution in [0.1, 0.15) is 5.69 Å². The monoisotopic (exact) mass is 374 g/mol. The number of benzene rings is 1. The van der Waals surface area contributed by atoms with Crippen molar-refractivity contribution in [3.63, 3.8) is 0 Å². The van der Waals surface area contributed by atoms with Crippen molar-refractivity contribution >= 4 is 23.4 Å². The molecule has 26 heavy (non-hydrogen) atoms. The van der Waals surface area contributed by atoms with Gasteiger partial charge in [-0.25, -0.2) is 4.98 Å². The number of carbonyl (C=O) groups is 1. The minimum atomic E-state index is -0.915. The fraction of sp³-hybridized carbons (Fsp3) is 0.250. The lowest BCUT2D eigenvalue weighted by Gasteiger charge is -2.09. The Bertz CT molecular complexity index is 936. The number of thioether (sulfide) groups is 1. The number of carboxylic acids is 1. The average molecular weight is 374 g/mol. The van der Waals surface area contributed by atoms with Gasteiger partial charge >= 0.3 is 5.97 Å². The van der Waals surface area contributed by atoms with Crippen LogP contribution in [0, 0.1) is 6.92 Å². The number of nitrogens with one attached hydrogen (secondary N) is 2. The summed E-state index contributed by atoms with van der Waals surface area (Å²) in [6.45, 7) is 1.99. The summed E-state index contributed by atoms with van der Waals surface area (Å²) in [7, 11) is 3.43. The maximum absolute atomic E-state index is 10.7. The van der Waals surface area contributed by atoms with Gasteiger partial charge in [-0.05, 0) is 30.7 Å². The van der Waals surface area contributed by atoms with E-state index in [2.05, 4.69) is 25.8 Å². The van der Waals surface area contributed by atoms with E-state index in [0.29, 0.717) is 11.0 Å². The number of hydrogen-bond donors (Lipinski definition) is 3. The number of aromatic amines is 1. The van der Waals surface area contributed by atoms with Crippen LogP contribution < -0.4 is 5.48 Å². The molecule has 0 fully saturated rings. The molecule has 0 aliphatic rings. The van der Waals surface area contributed by atoms with Crippen molar-refractivity contribution in [2.45, 2.75) is 12.1 Å². The zero-order chi connectivity index (χ0) is 18.7. The van der Waals surface area contributed by atoms with Gasteiger partial charge < -0.3 is 5.11 Å². The first-order valence-electron chi connectivity index (χ1n) is 7.68.